The topological polar surface area (TPSA) is 29.1 Å². The number of anilines is 1. The molecule has 1 amide bonds. The van der Waals surface area contributed by atoms with Gasteiger partial charge >= 0.3 is 6.18 Å². The van der Waals surface area contributed by atoms with Gasteiger partial charge in [0.1, 0.15) is 0 Å². The average molecular weight is 397 g/mol. The number of carbonyl (C=O) groups excluding carboxylic acids is 1. The lowest BCUT2D eigenvalue weighted by atomic mass is 10.1. The number of thioether (sulfide) groups is 2. The summed E-state index contributed by atoms with van der Waals surface area (Å²) in [7, 11) is 0. The first kappa shape index (κ1) is 19.2. The van der Waals surface area contributed by atoms with E-state index < -0.39 is 11.7 Å². The van der Waals surface area contributed by atoms with Crippen LogP contribution in [0.3, 0.4) is 0 Å². The lowest BCUT2D eigenvalue weighted by Crippen LogP contribution is -2.15. The summed E-state index contributed by atoms with van der Waals surface area (Å²) in [4.78, 5) is 12.2. The van der Waals surface area contributed by atoms with Crippen LogP contribution >= 0.6 is 23.5 Å². The number of nitrogens with one attached hydrogen (secondary N) is 1. The van der Waals surface area contributed by atoms with Crippen molar-refractivity contribution in [1.29, 1.82) is 0 Å². The fourth-order valence-electron chi connectivity index (χ4n) is 2.69. The Morgan fingerprint density at radius 3 is 2.54 bits per heavy atom. The summed E-state index contributed by atoms with van der Waals surface area (Å²) in [5.41, 5.74) is 1.42. The monoisotopic (exact) mass is 397 g/mol. The average Bonchev–Trinajstić information content (AvgIpc) is 2.62. The van der Waals surface area contributed by atoms with Gasteiger partial charge in [0.2, 0.25) is 5.91 Å². The van der Waals surface area contributed by atoms with Gasteiger partial charge in [-0.1, -0.05) is 30.3 Å². The minimum atomic E-state index is -4.41. The summed E-state index contributed by atoms with van der Waals surface area (Å²) in [6.07, 6.45) is -3.30. The molecule has 0 unspecified atom stereocenters. The van der Waals surface area contributed by atoms with Crippen LogP contribution < -0.4 is 5.32 Å². The molecule has 0 aromatic heterocycles. The smallest absolute Gasteiger partial charge is 0.326 e. The Balaban J connectivity index is 1.65. The third kappa shape index (κ3) is 5.20. The van der Waals surface area contributed by atoms with Gasteiger partial charge in [-0.3, -0.25) is 4.79 Å². The highest BCUT2D eigenvalue weighted by atomic mass is 32.2. The van der Waals surface area contributed by atoms with Gasteiger partial charge in [0.25, 0.3) is 0 Å². The number of benzene rings is 2. The van der Waals surface area contributed by atoms with E-state index in [2.05, 4.69) is 5.32 Å². The van der Waals surface area contributed by atoms with Crippen molar-refractivity contribution >= 4 is 35.1 Å². The third-order valence-electron chi connectivity index (χ3n) is 3.89. The largest absolute Gasteiger partial charge is 0.416 e. The molecule has 1 aliphatic rings. The summed E-state index contributed by atoms with van der Waals surface area (Å²) < 4.78 is 38.7. The van der Waals surface area contributed by atoms with Gasteiger partial charge in [-0.2, -0.15) is 13.2 Å². The molecule has 1 aliphatic heterocycles. The molecule has 0 saturated carbocycles. The zero-order valence-corrected chi connectivity index (χ0v) is 15.5. The van der Waals surface area contributed by atoms with Crippen LogP contribution in [-0.2, 0) is 17.4 Å². The molecule has 2 aromatic rings. The van der Waals surface area contributed by atoms with Gasteiger partial charge in [-0.15, -0.1) is 23.5 Å². The van der Waals surface area contributed by atoms with E-state index in [1.165, 1.54) is 18.6 Å². The summed E-state index contributed by atoms with van der Waals surface area (Å²) in [6, 6.07) is 12.6. The minimum Gasteiger partial charge on any atom is -0.326 e. The quantitative estimate of drug-likeness (QED) is 0.712. The van der Waals surface area contributed by atoms with E-state index >= 15 is 0 Å². The second-order valence-electron chi connectivity index (χ2n) is 5.98. The van der Waals surface area contributed by atoms with Crippen molar-refractivity contribution < 1.29 is 18.0 Å². The van der Waals surface area contributed by atoms with Crippen molar-refractivity contribution in [2.24, 2.45) is 0 Å². The lowest BCUT2D eigenvalue weighted by Gasteiger charge is -2.21. The number of halogens is 3. The van der Waals surface area contributed by atoms with Crippen molar-refractivity contribution in [2.75, 3.05) is 16.8 Å². The summed E-state index contributed by atoms with van der Waals surface area (Å²) in [6.45, 7) is 0. The first-order chi connectivity index (χ1) is 12.4. The van der Waals surface area contributed by atoms with E-state index in [0.29, 0.717) is 15.8 Å². The molecule has 26 heavy (non-hydrogen) atoms. The summed E-state index contributed by atoms with van der Waals surface area (Å²) in [5, 5.41) is 2.79. The van der Waals surface area contributed by atoms with Crippen molar-refractivity contribution in [3.8, 4) is 0 Å². The Kier molecular flexibility index (Phi) is 6.19. The zero-order chi connectivity index (χ0) is 18.6. The molecule has 138 valence electrons. The lowest BCUT2D eigenvalue weighted by molar-refractivity contribution is -0.137. The van der Waals surface area contributed by atoms with Crippen LogP contribution in [-0.4, -0.2) is 17.4 Å². The molecule has 0 radical (unpaired) electrons. The molecule has 1 saturated heterocycles. The molecule has 7 heteroatoms. The fourth-order valence-corrected chi connectivity index (χ4v) is 5.56. The highest BCUT2D eigenvalue weighted by molar-refractivity contribution is 8.16. The molecule has 0 atom stereocenters. The van der Waals surface area contributed by atoms with Crippen LogP contribution in [0.2, 0.25) is 0 Å². The molecule has 0 spiro atoms. The van der Waals surface area contributed by atoms with Gasteiger partial charge < -0.3 is 5.32 Å². The van der Waals surface area contributed by atoms with E-state index in [4.69, 9.17) is 0 Å². The van der Waals surface area contributed by atoms with E-state index in [1.54, 1.807) is 6.07 Å². The SMILES string of the molecule is O=C(Cc1cccc(C(F)(F)F)c1)Nc1cccc(C2SCCCS2)c1. The summed E-state index contributed by atoms with van der Waals surface area (Å²) in [5.74, 6) is 1.93. The highest BCUT2D eigenvalue weighted by Gasteiger charge is 2.30. The van der Waals surface area contributed by atoms with Crippen LogP contribution in [0.1, 0.15) is 27.7 Å². The van der Waals surface area contributed by atoms with Crippen LogP contribution in [0.25, 0.3) is 0 Å². The maximum Gasteiger partial charge on any atom is 0.416 e. The zero-order valence-electron chi connectivity index (χ0n) is 13.9. The maximum atomic E-state index is 12.8. The summed E-state index contributed by atoms with van der Waals surface area (Å²) >= 11 is 3.79. The van der Waals surface area contributed by atoms with Crippen LogP contribution in [0.15, 0.2) is 48.5 Å². The standard InChI is InChI=1S/C19H18F3NOS2/c20-19(21,22)15-6-1-4-13(10-15)11-17(24)23-16-7-2-5-14(12-16)18-25-8-3-9-26-18/h1-2,4-7,10,12,18H,3,8-9,11H2,(H,23,24). The van der Waals surface area contributed by atoms with Crippen molar-refractivity contribution in [2.45, 2.75) is 23.6 Å². The van der Waals surface area contributed by atoms with Gasteiger partial charge in [-0.05, 0) is 47.3 Å². The van der Waals surface area contributed by atoms with E-state index in [0.717, 1.165) is 29.2 Å². The number of rotatable bonds is 4. The highest BCUT2D eigenvalue weighted by Crippen LogP contribution is 2.44. The van der Waals surface area contributed by atoms with E-state index in [1.807, 2.05) is 41.7 Å². The van der Waals surface area contributed by atoms with Crippen molar-refractivity contribution in [3.63, 3.8) is 0 Å². The molecular weight excluding hydrogens is 379 g/mol. The van der Waals surface area contributed by atoms with E-state index in [-0.39, 0.29) is 12.3 Å². The van der Waals surface area contributed by atoms with Gasteiger partial charge in [-0.25, -0.2) is 0 Å². The molecule has 2 aromatic carbocycles. The molecule has 1 heterocycles. The molecular formula is C19H18F3NOS2. The number of amides is 1. The first-order valence-corrected chi connectivity index (χ1v) is 10.3. The predicted molar refractivity (Wildman–Crippen MR) is 102 cm³/mol. The Hall–Kier alpha value is -1.60. The van der Waals surface area contributed by atoms with Crippen molar-refractivity contribution in [1.82, 2.24) is 0 Å². The molecule has 0 aliphatic carbocycles. The molecule has 1 N–H and O–H groups in total. The predicted octanol–water partition coefficient (Wildman–Crippen LogP) is 5.76. The fraction of sp³-hybridized carbons (Fsp3) is 0.316. The number of hydrogen-bond acceptors (Lipinski definition) is 3. The Labute approximate surface area is 158 Å². The van der Waals surface area contributed by atoms with Crippen LogP contribution in [0.5, 0.6) is 0 Å². The van der Waals surface area contributed by atoms with E-state index in [9.17, 15) is 18.0 Å². The minimum absolute atomic E-state index is 0.0962. The number of hydrogen-bond donors (Lipinski definition) is 1. The van der Waals surface area contributed by atoms with Gasteiger partial charge in [0, 0.05) is 5.69 Å². The Morgan fingerprint density at radius 1 is 1.08 bits per heavy atom. The second-order valence-corrected chi connectivity index (χ2v) is 8.70. The second kappa shape index (κ2) is 8.39. The molecule has 1 fully saturated rings. The maximum absolute atomic E-state index is 12.8. The van der Waals surface area contributed by atoms with Gasteiger partial charge in [0.15, 0.2) is 0 Å². The number of carbonyl (C=O) groups is 1. The van der Waals surface area contributed by atoms with Crippen molar-refractivity contribution in [3.05, 3.63) is 65.2 Å². The molecule has 2 nitrogen and oxygen atoms in total. The van der Waals surface area contributed by atoms with Crippen LogP contribution in [0, 0.1) is 0 Å². The Bertz CT molecular complexity index is 773. The normalized spacial score (nSPS) is 15.7. The third-order valence-corrected chi connectivity index (χ3v) is 6.90. The molecule has 3 rings (SSSR count). The first-order valence-electron chi connectivity index (χ1n) is 8.21. The van der Waals surface area contributed by atoms with Crippen LogP contribution in [0.4, 0.5) is 18.9 Å². The Morgan fingerprint density at radius 2 is 1.81 bits per heavy atom. The number of alkyl halides is 3. The molecule has 0 bridgehead atoms. The van der Waals surface area contributed by atoms with Gasteiger partial charge in [0.05, 0.1) is 16.6 Å².